The fourth-order valence-electron chi connectivity index (χ4n) is 8.22. The molecule has 4 nitrogen and oxygen atoms in total. The minimum absolute atomic E-state index is 0. The third-order valence-corrected chi connectivity index (χ3v) is 11.7. The molecule has 0 atom stereocenters. The van der Waals surface area contributed by atoms with Gasteiger partial charge in [0.1, 0.15) is 11.6 Å². The molecule has 0 saturated heterocycles. The molecule has 0 aliphatic carbocycles. The molecule has 8 aromatic rings. The molecule has 61 heavy (non-hydrogen) atoms. The van der Waals surface area contributed by atoms with Crippen LogP contribution in [-0.2, 0) is 31.9 Å². The number of phenols is 1. The first-order valence-corrected chi connectivity index (χ1v) is 21.3. The Morgan fingerprint density at radius 2 is 1.26 bits per heavy atom. The summed E-state index contributed by atoms with van der Waals surface area (Å²) in [7, 11) is 0. The molecular formula is C56H56N3OPt-. The summed E-state index contributed by atoms with van der Waals surface area (Å²) in [6, 6.07) is 51.1. The Kier molecular flexibility index (Phi) is 12.2. The maximum atomic E-state index is 12.2. The Morgan fingerprint density at radius 1 is 0.590 bits per heavy atom. The van der Waals surface area contributed by atoms with Crippen LogP contribution < -0.4 is 0 Å². The van der Waals surface area contributed by atoms with Gasteiger partial charge < -0.3 is 5.11 Å². The average Bonchev–Trinajstić information content (AvgIpc) is 3.63. The van der Waals surface area contributed by atoms with Gasteiger partial charge in [0.25, 0.3) is 0 Å². The number of benzene rings is 6. The molecule has 0 bridgehead atoms. The molecule has 6 aromatic carbocycles. The number of fused-ring (bicyclic) bond motifs is 1. The van der Waals surface area contributed by atoms with Crippen molar-refractivity contribution in [2.24, 2.45) is 0 Å². The number of phenolic OH excluding ortho intramolecular Hbond substituents is 1. The third-order valence-electron chi connectivity index (χ3n) is 11.7. The zero-order chi connectivity index (χ0) is 42.5. The Balaban J connectivity index is 0.00000561. The number of imidazole rings is 1. The molecule has 5 heteroatoms. The van der Waals surface area contributed by atoms with Crippen molar-refractivity contribution in [3.8, 4) is 67.5 Å². The van der Waals surface area contributed by atoms with E-state index in [0.29, 0.717) is 5.82 Å². The summed E-state index contributed by atoms with van der Waals surface area (Å²) in [6.45, 7) is 22.3. The third kappa shape index (κ3) is 8.66. The molecule has 312 valence electrons. The van der Waals surface area contributed by atoms with Crippen molar-refractivity contribution in [3.05, 3.63) is 168 Å². The van der Waals surface area contributed by atoms with Gasteiger partial charge in [0.05, 0.1) is 16.6 Å². The molecule has 0 unspecified atom stereocenters. The van der Waals surface area contributed by atoms with E-state index in [1.54, 1.807) is 0 Å². The molecule has 0 aliphatic heterocycles. The second-order valence-corrected chi connectivity index (χ2v) is 18.8. The molecule has 1 N–H and O–H groups in total. The van der Waals surface area contributed by atoms with E-state index in [2.05, 4.69) is 207 Å². The van der Waals surface area contributed by atoms with Gasteiger partial charge in [0.15, 0.2) is 0 Å². The topological polar surface area (TPSA) is 50.9 Å². The van der Waals surface area contributed by atoms with Gasteiger partial charge in [-0.2, -0.15) is 0 Å². The number of hydrogen-bond donors (Lipinski definition) is 1. The maximum absolute atomic E-state index is 12.2. The summed E-state index contributed by atoms with van der Waals surface area (Å²) >= 11 is 0. The fraction of sp³-hybridized carbons (Fsp3) is 0.250. The van der Waals surface area contributed by atoms with Crippen LogP contribution in [0.1, 0.15) is 103 Å². The van der Waals surface area contributed by atoms with Gasteiger partial charge in [0, 0.05) is 38.6 Å². The Morgan fingerprint density at radius 3 is 1.90 bits per heavy atom. The first-order valence-electron chi connectivity index (χ1n) is 21.3. The van der Waals surface area contributed by atoms with Gasteiger partial charge in [0.2, 0.25) is 0 Å². The molecule has 0 spiro atoms. The van der Waals surface area contributed by atoms with Crippen LogP contribution in [0.5, 0.6) is 5.75 Å². The number of aromatic hydroxyl groups is 1. The first kappa shape index (κ1) is 43.5. The van der Waals surface area contributed by atoms with Gasteiger partial charge in [-0.25, -0.2) is 4.98 Å². The smallest absolute Gasteiger partial charge is 0.148 e. The molecular weight excluding hydrogens is 926 g/mol. The van der Waals surface area contributed by atoms with Gasteiger partial charge in [-0.05, 0) is 91.9 Å². The number of aromatic nitrogens is 3. The Labute approximate surface area is 377 Å². The SMILES string of the molecule is CC(C)c1cc(-c2nc3c(-c4[c-]c(-c5cc(-c6ccccc6)ccn5)cc(C(C)(C)C)c4)cccc3n2-c2ccc(-c3ccccc3)c(C(C)(C)C)c2)c(O)c(C(C)C)c1.[Pt]. The summed E-state index contributed by atoms with van der Waals surface area (Å²) in [6.07, 6.45) is 1.89. The summed E-state index contributed by atoms with van der Waals surface area (Å²) in [5, 5.41) is 12.2. The monoisotopic (exact) mass is 981 g/mol. The molecule has 2 heterocycles. The van der Waals surface area contributed by atoms with E-state index < -0.39 is 0 Å². The molecule has 8 rings (SSSR count). The minimum Gasteiger partial charge on any atom is -0.507 e. The number of para-hydroxylation sites is 1. The Hall–Kier alpha value is -5.57. The van der Waals surface area contributed by atoms with E-state index in [0.717, 1.165) is 61.4 Å². The number of hydrogen-bond acceptors (Lipinski definition) is 3. The van der Waals surface area contributed by atoms with Crippen molar-refractivity contribution in [1.29, 1.82) is 0 Å². The fourth-order valence-corrected chi connectivity index (χ4v) is 8.22. The number of pyridine rings is 1. The summed E-state index contributed by atoms with van der Waals surface area (Å²) in [5.41, 5.74) is 16.1. The van der Waals surface area contributed by atoms with Crippen LogP contribution in [0, 0.1) is 6.07 Å². The maximum Gasteiger partial charge on any atom is 0.148 e. The number of nitrogens with zero attached hydrogens (tertiary/aromatic N) is 3. The van der Waals surface area contributed by atoms with Crippen molar-refractivity contribution in [3.63, 3.8) is 0 Å². The molecule has 0 amide bonds. The second-order valence-electron chi connectivity index (χ2n) is 18.8. The Bertz CT molecular complexity index is 2840. The van der Waals surface area contributed by atoms with Crippen molar-refractivity contribution >= 4 is 11.0 Å². The quantitative estimate of drug-likeness (QED) is 0.154. The van der Waals surface area contributed by atoms with E-state index in [1.165, 1.54) is 27.8 Å². The zero-order valence-electron chi connectivity index (χ0n) is 37.0. The van der Waals surface area contributed by atoms with E-state index >= 15 is 0 Å². The van der Waals surface area contributed by atoms with E-state index in [-0.39, 0.29) is 49.5 Å². The minimum atomic E-state index is -0.155. The van der Waals surface area contributed by atoms with Gasteiger partial charge in [-0.15, -0.1) is 29.3 Å². The second kappa shape index (κ2) is 17.1. The van der Waals surface area contributed by atoms with Crippen molar-refractivity contribution in [2.75, 3.05) is 0 Å². The molecule has 0 saturated carbocycles. The van der Waals surface area contributed by atoms with Gasteiger partial charge in [-0.3, -0.25) is 9.55 Å². The normalized spacial score (nSPS) is 12.0. The zero-order valence-corrected chi connectivity index (χ0v) is 39.3. The van der Waals surface area contributed by atoms with E-state index in [4.69, 9.17) is 9.97 Å². The van der Waals surface area contributed by atoms with Crippen molar-refractivity contribution in [2.45, 2.75) is 91.9 Å². The van der Waals surface area contributed by atoms with Gasteiger partial charge >= 0.3 is 0 Å². The summed E-state index contributed by atoms with van der Waals surface area (Å²) < 4.78 is 2.26. The van der Waals surface area contributed by atoms with Crippen LogP contribution in [-0.4, -0.2) is 19.6 Å². The van der Waals surface area contributed by atoms with E-state index in [1.807, 2.05) is 12.3 Å². The van der Waals surface area contributed by atoms with Crippen LogP contribution in [0.3, 0.4) is 0 Å². The largest absolute Gasteiger partial charge is 0.507 e. The molecule has 0 fully saturated rings. The van der Waals surface area contributed by atoms with E-state index in [9.17, 15) is 5.11 Å². The van der Waals surface area contributed by atoms with Crippen LogP contribution in [0.15, 0.2) is 140 Å². The predicted molar refractivity (Wildman–Crippen MR) is 252 cm³/mol. The van der Waals surface area contributed by atoms with Crippen LogP contribution in [0.4, 0.5) is 0 Å². The molecule has 0 aliphatic rings. The first-order chi connectivity index (χ1) is 28.6. The average molecular weight is 982 g/mol. The molecule has 0 radical (unpaired) electrons. The summed E-state index contributed by atoms with van der Waals surface area (Å²) in [4.78, 5) is 10.5. The standard InChI is InChI=1S/C56H56N3O.Pt/c1-35(2)40-31-47(36(3)4)53(60)48(32-40)54-58-52-46(22-17-23-51(52)59(54)44-24-25-45(38-20-15-12-16-21-38)49(34-44)56(8,9)10)41-28-42(30-43(29-41)55(5,6)7)50-33-39(26-27-57-50)37-18-13-11-14-19-37;/h11-27,29-36,60H,1-10H3;/q-1;. The summed E-state index contributed by atoms with van der Waals surface area (Å²) in [5.74, 6) is 1.36. The number of rotatable bonds is 8. The van der Waals surface area contributed by atoms with Gasteiger partial charge in [-0.1, -0.05) is 171 Å². The van der Waals surface area contributed by atoms with Crippen molar-refractivity contribution in [1.82, 2.24) is 14.5 Å². The van der Waals surface area contributed by atoms with Crippen LogP contribution >= 0.6 is 0 Å². The molecule has 2 aromatic heterocycles. The van der Waals surface area contributed by atoms with Crippen LogP contribution in [0.25, 0.3) is 72.7 Å². The van der Waals surface area contributed by atoms with Crippen molar-refractivity contribution < 1.29 is 26.2 Å². The van der Waals surface area contributed by atoms with Crippen LogP contribution in [0.2, 0.25) is 0 Å². The predicted octanol–water partition coefficient (Wildman–Crippen LogP) is 15.1.